The highest BCUT2D eigenvalue weighted by Crippen LogP contribution is 2.26. The minimum atomic E-state index is -0.130. The number of hydrogen-bond acceptors (Lipinski definition) is 3. The van der Waals surface area contributed by atoms with Crippen LogP contribution in [0.15, 0.2) is 4.47 Å². The summed E-state index contributed by atoms with van der Waals surface area (Å²) in [5, 5.41) is 4.48. The van der Waals surface area contributed by atoms with Crippen molar-refractivity contribution in [1.29, 1.82) is 0 Å². The number of rotatable bonds is 5. The Morgan fingerprint density at radius 3 is 2.55 bits per heavy atom. The summed E-state index contributed by atoms with van der Waals surface area (Å²) in [6.45, 7) is 6.19. The first-order chi connectivity index (χ1) is 9.56. The highest BCUT2D eigenvalue weighted by molar-refractivity contribution is 9.10. The first-order valence-electron chi connectivity index (χ1n) is 7.64. The third kappa shape index (κ3) is 3.83. The van der Waals surface area contributed by atoms with Gasteiger partial charge in [0.25, 0.3) is 0 Å². The largest absolute Gasteiger partial charge is 0.373 e. The summed E-state index contributed by atoms with van der Waals surface area (Å²) in [4.78, 5) is 0. The Hall–Kier alpha value is -0.390. The van der Waals surface area contributed by atoms with Crippen LogP contribution < -0.4 is 5.73 Å². The Morgan fingerprint density at radius 1 is 1.30 bits per heavy atom. The zero-order valence-electron chi connectivity index (χ0n) is 12.6. The molecule has 0 aromatic carbocycles. The summed E-state index contributed by atoms with van der Waals surface area (Å²) in [5.41, 5.74) is 8.48. The summed E-state index contributed by atoms with van der Waals surface area (Å²) < 4.78 is 9.00. The van der Waals surface area contributed by atoms with E-state index < -0.39 is 0 Å². The first-order valence-corrected chi connectivity index (χ1v) is 8.43. The maximum atomic E-state index is 6.48. The molecule has 0 bridgehead atoms. The second-order valence-electron chi connectivity index (χ2n) is 5.93. The lowest BCUT2D eigenvalue weighted by molar-refractivity contribution is 0.0625. The smallest absolute Gasteiger partial charge is 0.0897 e. The van der Waals surface area contributed by atoms with Gasteiger partial charge in [-0.05, 0) is 42.6 Å². The van der Waals surface area contributed by atoms with Crippen molar-refractivity contribution in [2.45, 2.75) is 71.1 Å². The van der Waals surface area contributed by atoms with Crippen LogP contribution in [0.25, 0.3) is 0 Å². The monoisotopic (exact) mass is 343 g/mol. The molecule has 1 aliphatic carbocycles. The number of ether oxygens (including phenoxy) is 1. The molecule has 1 aromatic heterocycles. The number of aromatic nitrogens is 2. The molecule has 0 spiro atoms. The summed E-state index contributed by atoms with van der Waals surface area (Å²) in [5.74, 6) is 0. The average Bonchev–Trinajstić information content (AvgIpc) is 2.60. The van der Waals surface area contributed by atoms with E-state index in [2.05, 4.69) is 28.0 Å². The molecular weight excluding hydrogens is 318 g/mol. The van der Waals surface area contributed by atoms with Crippen LogP contribution in [-0.4, -0.2) is 21.9 Å². The number of halogens is 1. The molecule has 2 rings (SSSR count). The Morgan fingerprint density at radius 2 is 1.95 bits per heavy atom. The molecule has 20 heavy (non-hydrogen) atoms. The molecule has 0 saturated heterocycles. The van der Waals surface area contributed by atoms with Crippen molar-refractivity contribution in [3.8, 4) is 0 Å². The van der Waals surface area contributed by atoms with Crippen molar-refractivity contribution in [2.24, 2.45) is 5.73 Å². The lowest BCUT2D eigenvalue weighted by atomic mass is 9.93. The van der Waals surface area contributed by atoms with Gasteiger partial charge in [-0.2, -0.15) is 5.10 Å². The van der Waals surface area contributed by atoms with Crippen molar-refractivity contribution >= 4 is 15.9 Å². The van der Waals surface area contributed by atoms with Gasteiger partial charge in [0.15, 0.2) is 0 Å². The van der Waals surface area contributed by atoms with E-state index in [1.807, 2.05) is 11.6 Å². The molecule has 0 radical (unpaired) electrons. The van der Waals surface area contributed by atoms with Crippen molar-refractivity contribution in [3.05, 3.63) is 15.9 Å². The molecule has 0 unspecified atom stereocenters. The zero-order chi connectivity index (χ0) is 14.6. The minimum absolute atomic E-state index is 0.130. The van der Waals surface area contributed by atoms with E-state index in [1.54, 1.807) is 0 Å². The zero-order valence-corrected chi connectivity index (χ0v) is 14.2. The molecule has 0 aliphatic heterocycles. The molecule has 1 fully saturated rings. The summed E-state index contributed by atoms with van der Waals surface area (Å²) in [6, 6.07) is 0. The Labute approximate surface area is 130 Å². The fraction of sp³-hybridized carbons (Fsp3) is 0.800. The van der Waals surface area contributed by atoms with Gasteiger partial charge in [0.2, 0.25) is 0 Å². The lowest BCUT2D eigenvalue weighted by Crippen LogP contribution is -2.44. The highest BCUT2D eigenvalue weighted by Gasteiger charge is 2.26. The third-order valence-corrected chi connectivity index (χ3v) is 5.21. The normalized spacial score (nSPS) is 19.0. The fourth-order valence-corrected chi connectivity index (χ4v) is 3.33. The van der Waals surface area contributed by atoms with E-state index in [-0.39, 0.29) is 5.54 Å². The molecule has 0 amide bonds. The predicted octanol–water partition coefficient (Wildman–Crippen LogP) is 3.54. The van der Waals surface area contributed by atoms with Crippen molar-refractivity contribution < 1.29 is 4.74 Å². The van der Waals surface area contributed by atoms with E-state index in [0.717, 1.165) is 35.2 Å². The Balaban J connectivity index is 1.92. The van der Waals surface area contributed by atoms with E-state index in [4.69, 9.17) is 10.5 Å². The van der Waals surface area contributed by atoms with Gasteiger partial charge in [-0.25, -0.2) is 0 Å². The quantitative estimate of drug-likeness (QED) is 0.831. The summed E-state index contributed by atoms with van der Waals surface area (Å²) in [6.07, 6.45) is 7.25. The Kier molecular flexibility index (Phi) is 5.64. The molecule has 1 aliphatic rings. The number of hydrogen-bond donors (Lipinski definition) is 1. The van der Waals surface area contributed by atoms with Crippen LogP contribution in [0, 0.1) is 6.92 Å². The summed E-state index contributed by atoms with van der Waals surface area (Å²) in [7, 11) is 0. The van der Waals surface area contributed by atoms with Crippen LogP contribution in [0.4, 0.5) is 0 Å². The first kappa shape index (κ1) is 16.0. The van der Waals surface area contributed by atoms with Gasteiger partial charge in [0.05, 0.1) is 29.1 Å². The van der Waals surface area contributed by atoms with Gasteiger partial charge in [-0.3, -0.25) is 4.68 Å². The van der Waals surface area contributed by atoms with Crippen LogP contribution in [0.3, 0.4) is 0 Å². The Bertz CT molecular complexity index is 437. The number of nitrogens with two attached hydrogens (primary N) is 1. The molecule has 1 saturated carbocycles. The van der Waals surface area contributed by atoms with E-state index in [9.17, 15) is 0 Å². The molecule has 5 heteroatoms. The van der Waals surface area contributed by atoms with Crippen LogP contribution >= 0.6 is 15.9 Å². The molecular formula is C15H26BrN3O. The van der Waals surface area contributed by atoms with Crippen molar-refractivity contribution in [1.82, 2.24) is 9.78 Å². The minimum Gasteiger partial charge on any atom is -0.373 e. The number of aryl methyl sites for hydroxylation is 2. The fourth-order valence-electron chi connectivity index (χ4n) is 2.93. The van der Waals surface area contributed by atoms with Crippen LogP contribution in [-0.2, 0) is 17.9 Å². The maximum absolute atomic E-state index is 6.48. The van der Waals surface area contributed by atoms with Crippen molar-refractivity contribution in [3.63, 3.8) is 0 Å². The molecule has 1 heterocycles. The van der Waals surface area contributed by atoms with Gasteiger partial charge in [-0.1, -0.05) is 25.7 Å². The van der Waals surface area contributed by atoms with E-state index >= 15 is 0 Å². The molecule has 4 nitrogen and oxygen atoms in total. The SMILES string of the molecule is CCn1nc(C)c(Br)c1COCC1(N)CCCCCC1. The predicted molar refractivity (Wildman–Crippen MR) is 84.6 cm³/mol. The molecule has 1 aromatic rings. The van der Waals surface area contributed by atoms with E-state index in [0.29, 0.717) is 13.2 Å². The third-order valence-electron chi connectivity index (χ3n) is 4.18. The van der Waals surface area contributed by atoms with Gasteiger partial charge in [0, 0.05) is 12.1 Å². The topological polar surface area (TPSA) is 53.1 Å². The van der Waals surface area contributed by atoms with Gasteiger partial charge >= 0.3 is 0 Å². The van der Waals surface area contributed by atoms with Crippen LogP contribution in [0.1, 0.15) is 56.8 Å². The second-order valence-corrected chi connectivity index (χ2v) is 6.72. The van der Waals surface area contributed by atoms with Crippen molar-refractivity contribution in [2.75, 3.05) is 6.61 Å². The summed E-state index contributed by atoms with van der Waals surface area (Å²) >= 11 is 3.60. The second kappa shape index (κ2) is 7.05. The maximum Gasteiger partial charge on any atom is 0.0897 e. The van der Waals surface area contributed by atoms with E-state index in [1.165, 1.54) is 25.7 Å². The molecule has 0 atom stereocenters. The van der Waals surface area contributed by atoms with Crippen LogP contribution in [0.5, 0.6) is 0 Å². The van der Waals surface area contributed by atoms with Gasteiger partial charge < -0.3 is 10.5 Å². The van der Waals surface area contributed by atoms with Gasteiger partial charge in [-0.15, -0.1) is 0 Å². The molecule has 114 valence electrons. The van der Waals surface area contributed by atoms with Gasteiger partial charge in [0.1, 0.15) is 0 Å². The van der Waals surface area contributed by atoms with Crippen LogP contribution in [0.2, 0.25) is 0 Å². The number of nitrogens with zero attached hydrogens (tertiary/aromatic N) is 2. The standard InChI is InChI=1S/C15H26BrN3O/c1-3-19-13(14(16)12(2)18-19)10-20-11-15(17)8-6-4-5-7-9-15/h3-11,17H2,1-2H3. The highest BCUT2D eigenvalue weighted by atomic mass is 79.9. The average molecular weight is 344 g/mol. The molecule has 2 N–H and O–H groups in total. The lowest BCUT2D eigenvalue weighted by Gasteiger charge is -2.27.